The van der Waals surface area contributed by atoms with Crippen LogP contribution in [-0.2, 0) is 17.8 Å². The summed E-state index contributed by atoms with van der Waals surface area (Å²) in [4.78, 5) is 28.2. The number of aliphatic hydroxyl groups is 1. The summed E-state index contributed by atoms with van der Waals surface area (Å²) in [6.07, 6.45) is 5.54. The summed E-state index contributed by atoms with van der Waals surface area (Å²) in [5.74, 6) is 1.65. The van der Waals surface area contributed by atoms with E-state index in [4.69, 9.17) is 9.47 Å². The van der Waals surface area contributed by atoms with E-state index in [0.29, 0.717) is 48.9 Å². The summed E-state index contributed by atoms with van der Waals surface area (Å²) >= 11 is 0. The van der Waals surface area contributed by atoms with Gasteiger partial charge in [0, 0.05) is 43.4 Å². The molecule has 8 nitrogen and oxygen atoms in total. The van der Waals surface area contributed by atoms with E-state index in [2.05, 4.69) is 16.7 Å². The molecule has 3 N–H and O–H groups in total. The zero-order valence-corrected chi connectivity index (χ0v) is 26.4. The molecule has 3 aromatic rings. The number of amides is 2. The second kappa shape index (κ2) is 15.9. The lowest BCUT2D eigenvalue weighted by Crippen LogP contribution is -2.48. The molecule has 1 heterocycles. The number of carbonyl (C=O) groups excluding carboxylic acids is 2. The lowest BCUT2D eigenvalue weighted by atomic mass is 9.94. The van der Waals surface area contributed by atoms with Gasteiger partial charge in [0.15, 0.2) is 0 Å². The number of methoxy groups -OCH3 is 2. The van der Waals surface area contributed by atoms with Crippen LogP contribution in [0.4, 0.5) is 5.69 Å². The molecular formula is C35H44ClN3O5. The quantitative estimate of drug-likeness (QED) is 0.236. The van der Waals surface area contributed by atoms with Gasteiger partial charge in [-0.1, -0.05) is 43.2 Å². The summed E-state index contributed by atoms with van der Waals surface area (Å²) in [7, 11) is 3.23. The zero-order valence-electron chi connectivity index (χ0n) is 25.6. The van der Waals surface area contributed by atoms with E-state index >= 15 is 0 Å². The Bertz CT molecular complexity index is 1370. The number of rotatable bonds is 13. The molecule has 2 amide bonds. The molecule has 1 saturated heterocycles. The summed E-state index contributed by atoms with van der Waals surface area (Å²) in [5, 5.41) is 17.8. The molecule has 1 aliphatic carbocycles. The Kier molecular flexibility index (Phi) is 12.1. The minimum absolute atomic E-state index is 0. The predicted molar refractivity (Wildman–Crippen MR) is 175 cm³/mol. The molecule has 0 radical (unpaired) electrons. The average molecular weight is 622 g/mol. The van der Waals surface area contributed by atoms with E-state index in [1.807, 2.05) is 65.6 Å². The first-order chi connectivity index (χ1) is 20.9. The molecule has 0 aromatic heterocycles. The Labute approximate surface area is 266 Å². The van der Waals surface area contributed by atoms with Gasteiger partial charge in [0.05, 0.1) is 26.4 Å². The number of hydrogen-bond acceptors (Lipinski definition) is 6. The van der Waals surface area contributed by atoms with Crippen molar-refractivity contribution in [3.8, 4) is 11.5 Å². The molecule has 0 bridgehead atoms. The van der Waals surface area contributed by atoms with E-state index in [-0.39, 0.29) is 30.8 Å². The average Bonchev–Trinajstić information content (AvgIpc) is 3.73. The summed E-state index contributed by atoms with van der Waals surface area (Å²) < 4.78 is 10.8. The van der Waals surface area contributed by atoms with Crippen molar-refractivity contribution >= 4 is 29.9 Å². The third-order valence-corrected chi connectivity index (χ3v) is 8.59. The number of carbonyl (C=O) groups is 2. The summed E-state index contributed by atoms with van der Waals surface area (Å²) in [6.45, 7) is 1.44. The van der Waals surface area contributed by atoms with Crippen LogP contribution in [0.3, 0.4) is 0 Å². The number of halogens is 1. The van der Waals surface area contributed by atoms with Crippen LogP contribution in [0.2, 0.25) is 0 Å². The fourth-order valence-electron chi connectivity index (χ4n) is 6.22. The van der Waals surface area contributed by atoms with Gasteiger partial charge in [0.1, 0.15) is 11.5 Å². The Morgan fingerprint density at radius 2 is 1.66 bits per heavy atom. The number of nitrogens with one attached hydrogen (secondary N) is 2. The third-order valence-electron chi connectivity index (χ3n) is 8.59. The first-order valence-electron chi connectivity index (χ1n) is 15.3. The maximum atomic E-state index is 13.8. The molecule has 236 valence electrons. The number of nitrogens with zero attached hydrogens (tertiary/aromatic N) is 1. The third kappa shape index (κ3) is 8.52. The van der Waals surface area contributed by atoms with Crippen molar-refractivity contribution in [1.82, 2.24) is 10.6 Å². The van der Waals surface area contributed by atoms with Crippen LogP contribution in [0, 0.1) is 0 Å². The van der Waals surface area contributed by atoms with Crippen LogP contribution in [0.5, 0.6) is 11.5 Å². The lowest BCUT2D eigenvalue weighted by Gasteiger charge is -2.26. The van der Waals surface area contributed by atoms with Gasteiger partial charge in [0.2, 0.25) is 5.91 Å². The number of anilines is 1. The maximum absolute atomic E-state index is 13.8. The molecule has 2 aliphatic rings. The van der Waals surface area contributed by atoms with Gasteiger partial charge in [-0.3, -0.25) is 9.59 Å². The number of benzene rings is 3. The van der Waals surface area contributed by atoms with Crippen LogP contribution >= 0.6 is 12.4 Å². The van der Waals surface area contributed by atoms with Crippen molar-refractivity contribution in [1.29, 1.82) is 0 Å². The molecule has 3 aromatic carbocycles. The highest BCUT2D eigenvalue weighted by Gasteiger charge is 2.27. The van der Waals surface area contributed by atoms with Gasteiger partial charge in [-0.25, -0.2) is 0 Å². The van der Waals surface area contributed by atoms with Crippen LogP contribution in [0.15, 0.2) is 66.7 Å². The second-order valence-electron chi connectivity index (χ2n) is 11.6. The fraction of sp³-hybridized carbons (Fsp3) is 0.429. The van der Waals surface area contributed by atoms with Gasteiger partial charge in [0.25, 0.3) is 5.91 Å². The fourth-order valence-corrected chi connectivity index (χ4v) is 6.22. The molecule has 5 rings (SSSR count). The Morgan fingerprint density at radius 3 is 2.30 bits per heavy atom. The van der Waals surface area contributed by atoms with Crippen LogP contribution in [0.1, 0.15) is 71.5 Å². The van der Waals surface area contributed by atoms with Crippen molar-refractivity contribution in [2.24, 2.45) is 0 Å². The van der Waals surface area contributed by atoms with Crippen molar-refractivity contribution in [2.75, 3.05) is 32.2 Å². The van der Waals surface area contributed by atoms with Crippen molar-refractivity contribution in [3.05, 3.63) is 89.0 Å². The Morgan fingerprint density at radius 1 is 0.955 bits per heavy atom. The maximum Gasteiger partial charge on any atom is 0.251 e. The second-order valence-corrected chi connectivity index (χ2v) is 11.6. The molecule has 2 fully saturated rings. The van der Waals surface area contributed by atoms with Gasteiger partial charge in [-0.2, -0.15) is 0 Å². The van der Waals surface area contributed by atoms with Crippen molar-refractivity contribution in [2.45, 2.75) is 69.6 Å². The van der Waals surface area contributed by atoms with E-state index in [0.717, 1.165) is 41.6 Å². The molecular weight excluding hydrogens is 578 g/mol. The van der Waals surface area contributed by atoms with Crippen molar-refractivity contribution in [3.63, 3.8) is 0 Å². The molecule has 2 atom stereocenters. The molecule has 1 aliphatic heterocycles. The predicted octanol–water partition coefficient (Wildman–Crippen LogP) is 5.40. The SMILES string of the molecule is COc1cc(CNC[C@@H](O)[C@H](Cc2ccccc2)NC(=O)c2cc(C3CCCC3)cc(N3CCCC3=O)c2)cc(OC)c1.Cl. The smallest absolute Gasteiger partial charge is 0.251 e. The van der Waals surface area contributed by atoms with Crippen LogP contribution in [0.25, 0.3) is 0 Å². The number of ether oxygens (including phenoxy) is 2. The lowest BCUT2D eigenvalue weighted by molar-refractivity contribution is -0.117. The molecule has 0 spiro atoms. The Hall–Kier alpha value is -3.59. The molecule has 44 heavy (non-hydrogen) atoms. The number of hydrogen-bond donors (Lipinski definition) is 3. The van der Waals surface area contributed by atoms with E-state index in [1.54, 1.807) is 14.2 Å². The van der Waals surface area contributed by atoms with Crippen molar-refractivity contribution < 1.29 is 24.2 Å². The monoisotopic (exact) mass is 621 g/mol. The largest absolute Gasteiger partial charge is 0.497 e. The zero-order chi connectivity index (χ0) is 30.2. The summed E-state index contributed by atoms with van der Waals surface area (Å²) in [6, 6.07) is 20.9. The minimum Gasteiger partial charge on any atom is -0.497 e. The standard InChI is InChI=1S/C35H43N3O5.ClH/c1-42-30-15-25(16-31(21-30)43-2)22-36-23-33(39)32(17-24-9-4-3-5-10-24)37-35(41)28-18-27(26-11-6-7-12-26)19-29(20-28)38-14-8-13-34(38)40;/h3-5,9-10,15-16,18-21,26,32-33,36,39H,6-8,11-14,17,22-23H2,1-2H3,(H,37,41);1H/t32-,33+;/m0./s1. The minimum atomic E-state index is -0.852. The first kappa shape index (κ1) is 33.3. The van der Waals surface area contributed by atoms with E-state index in [1.165, 1.54) is 12.8 Å². The molecule has 0 unspecified atom stereocenters. The molecule has 1 saturated carbocycles. The topological polar surface area (TPSA) is 100 Å². The highest BCUT2D eigenvalue weighted by atomic mass is 35.5. The van der Waals surface area contributed by atoms with E-state index < -0.39 is 12.1 Å². The van der Waals surface area contributed by atoms with E-state index in [9.17, 15) is 14.7 Å². The van der Waals surface area contributed by atoms with Gasteiger partial charge < -0.3 is 30.1 Å². The highest BCUT2D eigenvalue weighted by molar-refractivity contribution is 5.99. The van der Waals surface area contributed by atoms with Gasteiger partial charge in [-0.05, 0) is 78.6 Å². The van der Waals surface area contributed by atoms with Gasteiger partial charge in [-0.15, -0.1) is 12.4 Å². The highest BCUT2D eigenvalue weighted by Crippen LogP contribution is 2.37. The van der Waals surface area contributed by atoms with Crippen LogP contribution in [-0.4, -0.2) is 56.4 Å². The first-order valence-corrected chi connectivity index (χ1v) is 15.3. The van der Waals surface area contributed by atoms with Crippen LogP contribution < -0.4 is 25.0 Å². The molecule has 9 heteroatoms. The normalized spacial score (nSPS) is 16.3. The Balaban J connectivity index is 0.00000442. The van der Waals surface area contributed by atoms with Gasteiger partial charge >= 0.3 is 0 Å². The summed E-state index contributed by atoms with van der Waals surface area (Å²) in [5.41, 5.74) is 4.43. The number of aliphatic hydroxyl groups excluding tert-OH is 1.